The molecule has 3 rings (SSSR count). The van der Waals surface area contributed by atoms with Gasteiger partial charge in [-0.2, -0.15) is 0 Å². The second-order valence-electron chi connectivity index (χ2n) is 6.92. The quantitative estimate of drug-likeness (QED) is 0.780. The van der Waals surface area contributed by atoms with Gasteiger partial charge in [0.1, 0.15) is 30.8 Å². The van der Waals surface area contributed by atoms with Crippen molar-refractivity contribution in [3.63, 3.8) is 0 Å². The number of hydrogen-bond donors (Lipinski definition) is 2. The molecule has 2 aromatic carbocycles. The van der Waals surface area contributed by atoms with Crippen molar-refractivity contribution in [2.45, 2.75) is 13.0 Å². The Morgan fingerprint density at radius 1 is 1.00 bits per heavy atom. The summed E-state index contributed by atoms with van der Waals surface area (Å²) in [5, 5.41) is 10.3. The van der Waals surface area contributed by atoms with Crippen LogP contribution in [-0.2, 0) is 0 Å². The molecule has 0 aliphatic carbocycles. The molecule has 2 aromatic rings. The smallest absolute Gasteiger partial charge is 0.137 e. The van der Waals surface area contributed by atoms with Crippen molar-refractivity contribution in [2.24, 2.45) is 0 Å². The van der Waals surface area contributed by atoms with Gasteiger partial charge in [-0.05, 0) is 43.3 Å². The van der Waals surface area contributed by atoms with Crippen molar-refractivity contribution in [1.29, 1.82) is 0 Å². The summed E-state index contributed by atoms with van der Waals surface area (Å²) in [7, 11) is 1.64. The highest BCUT2D eigenvalue weighted by molar-refractivity contribution is 5.47. The molecule has 1 saturated heterocycles. The number of nitrogens with one attached hydrogen (secondary N) is 1. The maximum absolute atomic E-state index is 10.3. The standard InChI is InChI=1S/C21H28N2O3/c1-17-3-5-18(6-4-17)23-13-11-22(12-14-23)15-19(24)16-26-21-9-7-20(25-2)8-10-21/h3-10,19,24H,11-16H2,1-2H3/p+1/t19-/m0/s1. The van der Waals surface area contributed by atoms with Crippen LogP contribution in [0.2, 0.25) is 0 Å². The maximum atomic E-state index is 10.3. The average Bonchev–Trinajstić information content (AvgIpc) is 2.68. The summed E-state index contributed by atoms with van der Waals surface area (Å²) in [4.78, 5) is 3.85. The zero-order chi connectivity index (χ0) is 18.4. The van der Waals surface area contributed by atoms with Crippen molar-refractivity contribution >= 4 is 5.69 Å². The molecule has 0 spiro atoms. The molecule has 1 fully saturated rings. The fourth-order valence-electron chi connectivity index (χ4n) is 3.30. The fourth-order valence-corrected chi connectivity index (χ4v) is 3.30. The number of anilines is 1. The predicted molar refractivity (Wildman–Crippen MR) is 103 cm³/mol. The first-order valence-electron chi connectivity index (χ1n) is 9.24. The van der Waals surface area contributed by atoms with Crippen LogP contribution < -0.4 is 19.3 Å². The number of hydrogen-bond acceptors (Lipinski definition) is 4. The Bertz CT molecular complexity index is 665. The van der Waals surface area contributed by atoms with Crippen LogP contribution in [0.4, 0.5) is 5.69 Å². The van der Waals surface area contributed by atoms with E-state index in [0.717, 1.165) is 44.2 Å². The molecule has 0 bridgehead atoms. The lowest BCUT2D eigenvalue weighted by Gasteiger charge is -2.34. The van der Waals surface area contributed by atoms with Crippen LogP contribution in [0.25, 0.3) is 0 Å². The molecule has 5 nitrogen and oxygen atoms in total. The number of aliphatic hydroxyl groups is 1. The van der Waals surface area contributed by atoms with Gasteiger partial charge < -0.3 is 24.4 Å². The molecule has 1 aliphatic heterocycles. The molecule has 0 unspecified atom stereocenters. The third-order valence-electron chi connectivity index (χ3n) is 4.90. The van der Waals surface area contributed by atoms with Crippen LogP contribution in [0.3, 0.4) is 0 Å². The van der Waals surface area contributed by atoms with E-state index < -0.39 is 6.10 Å². The number of piperazine rings is 1. The van der Waals surface area contributed by atoms with E-state index in [2.05, 4.69) is 36.1 Å². The molecule has 5 heteroatoms. The molecule has 0 aromatic heterocycles. The first-order chi connectivity index (χ1) is 12.6. The van der Waals surface area contributed by atoms with Crippen LogP contribution in [0.1, 0.15) is 5.56 Å². The summed E-state index contributed by atoms with van der Waals surface area (Å²) in [6.45, 7) is 7.26. The van der Waals surface area contributed by atoms with Crippen LogP contribution in [0.15, 0.2) is 48.5 Å². The number of ether oxygens (including phenoxy) is 2. The van der Waals surface area contributed by atoms with E-state index in [9.17, 15) is 5.11 Å². The Hall–Kier alpha value is -2.24. The molecule has 1 aliphatic rings. The maximum Gasteiger partial charge on any atom is 0.137 e. The van der Waals surface area contributed by atoms with E-state index in [4.69, 9.17) is 9.47 Å². The summed E-state index contributed by atoms with van der Waals surface area (Å²) < 4.78 is 10.8. The van der Waals surface area contributed by atoms with Gasteiger partial charge in [0, 0.05) is 5.69 Å². The Labute approximate surface area is 155 Å². The van der Waals surface area contributed by atoms with Crippen molar-refractivity contribution in [1.82, 2.24) is 0 Å². The van der Waals surface area contributed by atoms with Crippen molar-refractivity contribution in [3.8, 4) is 11.5 Å². The van der Waals surface area contributed by atoms with E-state index in [1.165, 1.54) is 16.2 Å². The van der Waals surface area contributed by atoms with Gasteiger partial charge in [0.2, 0.25) is 0 Å². The van der Waals surface area contributed by atoms with Crippen LogP contribution in [0, 0.1) is 6.92 Å². The summed E-state index contributed by atoms with van der Waals surface area (Å²) in [6.07, 6.45) is -0.460. The van der Waals surface area contributed by atoms with E-state index >= 15 is 0 Å². The lowest BCUT2D eigenvalue weighted by Crippen LogP contribution is -3.16. The molecule has 2 N–H and O–H groups in total. The monoisotopic (exact) mass is 357 g/mol. The summed E-state index contributed by atoms with van der Waals surface area (Å²) in [6, 6.07) is 16.1. The number of nitrogens with zero attached hydrogens (tertiary/aromatic N) is 1. The van der Waals surface area contributed by atoms with Gasteiger partial charge in [-0.25, -0.2) is 0 Å². The SMILES string of the molecule is COc1ccc(OC[C@@H](O)C[NH+]2CCN(c3ccc(C)cc3)CC2)cc1. The van der Waals surface area contributed by atoms with Crippen LogP contribution in [-0.4, -0.2) is 57.7 Å². The predicted octanol–water partition coefficient (Wildman–Crippen LogP) is 1.15. The molecular weight excluding hydrogens is 328 g/mol. The summed E-state index contributed by atoms with van der Waals surface area (Å²) >= 11 is 0. The second-order valence-corrected chi connectivity index (χ2v) is 6.92. The molecule has 0 amide bonds. The molecule has 140 valence electrons. The third-order valence-corrected chi connectivity index (χ3v) is 4.90. The highest BCUT2D eigenvalue weighted by Gasteiger charge is 2.22. The lowest BCUT2D eigenvalue weighted by atomic mass is 10.2. The van der Waals surface area contributed by atoms with Gasteiger partial charge in [-0.1, -0.05) is 17.7 Å². The van der Waals surface area contributed by atoms with Gasteiger partial charge in [0.25, 0.3) is 0 Å². The number of aryl methyl sites for hydroxylation is 1. The van der Waals surface area contributed by atoms with Crippen molar-refractivity contribution in [3.05, 3.63) is 54.1 Å². The highest BCUT2D eigenvalue weighted by atomic mass is 16.5. The van der Waals surface area contributed by atoms with E-state index in [-0.39, 0.29) is 0 Å². The molecule has 1 atom stereocenters. The Morgan fingerprint density at radius 2 is 1.62 bits per heavy atom. The lowest BCUT2D eigenvalue weighted by molar-refractivity contribution is -0.903. The first-order valence-corrected chi connectivity index (χ1v) is 9.24. The molecule has 1 heterocycles. The minimum atomic E-state index is -0.460. The van der Waals surface area contributed by atoms with Gasteiger partial charge in [0.15, 0.2) is 0 Å². The third kappa shape index (κ3) is 5.13. The largest absolute Gasteiger partial charge is 0.497 e. The summed E-state index contributed by atoms with van der Waals surface area (Å²) in [5.74, 6) is 1.55. The topological polar surface area (TPSA) is 46.4 Å². The van der Waals surface area contributed by atoms with Gasteiger partial charge in [-0.15, -0.1) is 0 Å². The molecule has 26 heavy (non-hydrogen) atoms. The number of methoxy groups -OCH3 is 1. The minimum absolute atomic E-state index is 0.317. The highest BCUT2D eigenvalue weighted by Crippen LogP contribution is 2.17. The Balaban J connectivity index is 1.40. The zero-order valence-electron chi connectivity index (χ0n) is 15.6. The molecular formula is C21H29N2O3+. The first kappa shape index (κ1) is 18.5. The van der Waals surface area contributed by atoms with Gasteiger partial charge >= 0.3 is 0 Å². The fraction of sp³-hybridized carbons (Fsp3) is 0.429. The summed E-state index contributed by atoms with van der Waals surface area (Å²) in [5.41, 5.74) is 2.58. The molecule has 0 saturated carbocycles. The van der Waals surface area contributed by atoms with Gasteiger partial charge in [-0.3, -0.25) is 0 Å². The Morgan fingerprint density at radius 3 is 2.23 bits per heavy atom. The van der Waals surface area contributed by atoms with E-state index in [1.807, 2.05) is 24.3 Å². The van der Waals surface area contributed by atoms with Gasteiger partial charge in [0.05, 0.1) is 33.3 Å². The number of quaternary nitrogens is 1. The Kier molecular flexibility index (Phi) is 6.36. The van der Waals surface area contributed by atoms with Crippen molar-refractivity contribution in [2.75, 3.05) is 51.3 Å². The number of rotatable bonds is 7. The molecule has 0 radical (unpaired) electrons. The van der Waals surface area contributed by atoms with Crippen LogP contribution >= 0.6 is 0 Å². The second kappa shape index (κ2) is 8.92. The number of benzene rings is 2. The van der Waals surface area contributed by atoms with Crippen LogP contribution in [0.5, 0.6) is 11.5 Å². The average molecular weight is 357 g/mol. The van der Waals surface area contributed by atoms with E-state index in [1.54, 1.807) is 7.11 Å². The van der Waals surface area contributed by atoms with Crippen molar-refractivity contribution < 1.29 is 19.5 Å². The zero-order valence-corrected chi connectivity index (χ0v) is 15.6. The normalized spacial score (nSPS) is 16.3. The minimum Gasteiger partial charge on any atom is -0.497 e. The van der Waals surface area contributed by atoms with E-state index in [0.29, 0.717) is 6.61 Å². The number of aliphatic hydroxyl groups excluding tert-OH is 1.